The van der Waals surface area contributed by atoms with Crippen molar-refractivity contribution >= 4 is 24.3 Å². The molecule has 24 heavy (non-hydrogen) atoms. The molecule has 0 bridgehead atoms. The highest BCUT2D eigenvalue weighted by Gasteiger charge is 2.36. The zero-order valence-electron chi connectivity index (χ0n) is 14.7. The van der Waals surface area contributed by atoms with E-state index in [0.717, 1.165) is 77.8 Å². The van der Waals surface area contributed by atoms with E-state index in [9.17, 15) is 9.59 Å². The Bertz CT molecular complexity index is 434. The number of hydrogen-bond donors (Lipinski definition) is 1. The quantitative estimate of drug-likeness (QED) is 0.832. The molecule has 3 saturated heterocycles. The average Bonchev–Trinajstić information content (AvgIpc) is 3.26. The van der Waals surface area contributed by atoms with Crippen LogP contribution >= 0.6 is 12.4 Å². The van der Waals surface area contributed by atoms with Crippen molar-refractivity contribution in [2.24, 2.45) is 5.92 Å². The van der Waals surface area contributed by atoms with Gasteiger partial charge in [-0.2, -0.15) is 0 Å². The van der Waals surface area contributed by atoms with Crippen LogP contribution in [0.4, 0.5) is 4.79 Å². The first-order valence-electron chi connectivity index (χ1n) is 9.19. The first kappa shape index (κ1) is 19.3. The summed E-state index contributed by atoms with van der Waals surface area (Å²) >= 11 is 0. The molecule has 1 unspecified atom stereocenters. The predicted octanol–water partition coefficient (Wildman–Crippen LogP) is 1.55. The van der Waals surface area contributed by atoms with Crippen molar-refractivity contribution in [2.75, 3.05) is 46.3 Å². The van der Waals surface area contributed by atoms with Gasteiger partial charge in [-0.1, -0.05) is 0 Å². The third-order valence-electron chi connectivity index (χ3n) is 5.59. The van der Waals surface area contributed by atoms with Gasteiger partial charge < -0.3 is 20.0 Å². The summed E-state index contributed by atoms with van der Waals surface area (Å²) in [6.07, 6.45) is 6.12. The van der Waals surface area contributed by atoms with Gasteiger partial charge in [-0.3, -0.25) is 4.79 Å². The molecule has 0 aliphatic carbocycles. The Morgan fingerprint density at radius 2 is 1.54 bits per heavy atom. The molecule has 3 heterocycles. The van der Waals surface area contributed by atoms with E-state index in [4.69, 9.17) is 0 Å². The van der Waals surface area contributed by atoms with E-state index in [-0.39, 0.29) is 24.4 Å². The van der Waals surface area contributed by atoms with Crippen LogP contribution in [-0.2, 0) is 4.79 Å². The standard InChI is InChI=1S/C17H30N4O2.ClH/c1-18-13-15-5-4-10-21(15)16(22)14-6-11-20(12-7-14)17(23)19-8-2-3-9-19;/h14-15,18H,2-13H2,1H3;1H. The van der Waals surface area contributed by atoms with E-state index in [1.165, 1.54) is 0 Å². The summed E-state index contributed by atoms with van der Waals surface area (Å²) < 4.78 is 0. The fraction of sp³-hybridized carbons (Fsp3) is 0.882. The van der Waals surface area contributed by atoms with Crippen LogP contribution in [0, 0.1) is 5.92 Å². The number of nitrogens with one attached hydrogen (secondary N) is 1. The van der Waals surface area contributed by atoms with Gasteiger partial charge in [0.05, 0.1) is 0 Å². The zero-order valence-corrected chi connectivity index (χ0v) is 15.5. The maximum absolute atomic E-state index is 12.8. The molecule has 6 nitrogen and oxygen atoms in total. The van der Waals surface area contributed by atoms with Crippen molar-refractivity contribution in [3.63, 3.8) is 0 Å². The minimum atomic E-state index is 0. The van der Waals surface area contributed by atoms with Gasteiger partial charge in [0, 0.05) is 51.2 Å². The van der Waals surface area contributed by atoms with Crippen molar-refractivity contribution < 1.29 is 9.59 Å². The number of halogens is 1. The smallest absolute Gasteiger partial charge is 0.319 e. The lowest BCUT2D eigenvalue weighted by atomic mass is 9.95. The third-order valence-corrected chi connectivity index (χ3v) is 5.59. The maximum atomic E-state index is 12.8. The Labute approximate surface area is 151 Å². The number of amides is 3. The van der Waals surface area contributed by atoms with Gasteiger partial charge in [0.15, 0.2) is 0 Å². The maximum Gasteiger partial charge on any atom is 0.319 e. The lowest BCUT2D eigenvalue weighted by Gasteiger charge is -2.36. The summed E-state index contributed by atoms with van der Waals surface area (Å²) in [6, 6.07) is 0.541. The van der Waals surface area contributed by atoms with Crippen molar-refractivity contribution in [1.82, 2.24) is 20.0 Å². The Balaban J connectivity index is 0.00000208. The second kappa shape index (κ2) is 8.90. The van der Waals surface area contributed by atoms with Crippen molar-refractivity contribution in [2.45, 2.75) is 44.6 Å². The number of carbonyl (C=O) groups excluding carboxylic acids is 2. The molecule has 0 aromatic rings. The molecule has 3 aliphatic rings. The van der Waals surface area contributed by atoms with Crippen molar-refractivity contribution in [3.8, 4) is 0 Å². The molecule has 3 amide bonds. The highest BCUT2D eigenvalue weighted by atomic mass is 35.5. The summed E-state index contributed by atoms with van der Waals surface area (Å²) in [5, 5.41) is 3.20. The van der Waals surface area contributed by atoms with Gasteiger partial charge in [-0.05, 0) is 45.6 Å². The summed E-state index contributed by atoms with van der Waals surface area (Å²) in [6.45, 7) is 5.05. The summed E-state index contributed by atoms with van der Waals surface area (Å²) in [4.78, 5) is 31.2. The Kier molecular flexibility index (Phi) is 7.16. The van der Waals surface area contributed by atoms with Crippen LogP contribution < -0.4 is 5.32 Å². The number of hydrogen-bond acceptors (Lipinski definition) is 3. The van der Waals surface area contributed by atoms with E-state index >= 15 is 0 Å². The van der Waals surface area contributed by atoms with E-state index in [1.54, 1.807) is 0 Å². The number of likely N-dealkylation sites (tertiary alicyclic amines) is 3. The van der Waals surface area contributed by atoms with Gasteiger partial charge in [0.1, 0.15) is 0 Å². The molecule has 0 spiro atoms. The molecule has 138 valence electrons. The highest BCUT2D eigenvalue weighted by molar-refractivity contribution is 5.85. The van der Waals surface area contributed by atoms with Gasteiger partial charge in [0.25, 0.3) is 0 Å². The largest absolute Gasteiger partial charge is 0.338 e. The fourth-order valence-electron chi connectivity index (χ4n) is 4.23. The van der Waals surface area contributed by atoms with Gasteiger partial charge in [-0.25, -0.2) is 4.79 Å². The number of nitrogens with zero attached hydrogens (tertiary/aromatic N) is 3. The molecule has 3 rings (SSSR count). The topological polar surface area (TPSA) is 55.9 Å². The Hall–Kier alpha value is -1.01. The first-order valence-corrected chi connectivity index (χ1v) is 9.19. The highest BCUT2D eigenvalue weighted by Crippen LogP contribution is 2.26. The van der Waals surface area contributed by atoms with Crippen molar-refractivity contribution in [1.29, 1.82) is 0 Å². The summed E-state index contributed by atoms with van der Waals surface area (Å²) in [5.41, 5.74) is 0. The van der Waals surface area contributed by atoms with E-state index in [2.05, 4.69) is 10.2 Å². The van der Waals surface area contributed by atoms with Gasteiger partial charge >= 0.3 is 6.03 Å². The van der Waals surface area contributed by atoms with E-state index < -0.39 is 0 Å². The number of rotatable bonds is 3. The number of urea groups is 1. The van der Waals surface area contributed by atoms with Crippen LogP contribution in [0.2, 0.25) is 0 Å². The molecule has 0 aromatic carbocycles. The lowest BCUT2D eigenvalue weighted by molar-refractivity contribution is -0.137. The Morgan fingerprint density at radius 3 is 2.17 bits per heavy atom. The molecule has 7 heteroatoms. The molecule has 1 N–H and O–H groups in total. The normalized spacial score (nSPS) is 25.0. The first-order chi connectivity index (χ1) is 11.2. The lowest BCUT2D eigenvalue weighted by Crippen LogP contribution is -2.49. The molecule has 1 atom stereocenters. The second-order valence-corrected chi connectivity index (χ2v) is 7.12. The molecule has 0 radical (unpaired) electrons. The minimum absolute atomic E-state index is 0. The van der Waals surface area contributed by atoms with E-state index in [1.807, 2.05) is 16.8 Å². The zero-order chi connectivity index (χ0) is 16.2. The average molecular weight is 359 g/mol. The molecule has 0 aromatic heterocycles. The molecule has 3 fully saturated rings. The van der Waals surface area contributed by atoms with Crippen LogP contribution in [-0.4, -0.2) is 79.0 Å². The number of piperidine rings is 1. The Morgan fingerprint density at radius 1 is 0.917 bits per heavy atom. The monoisotopic (exact) mass is 358 g/mol. The molecular formula is C17H31ClN4O2. The van der Waals surface area contributed by atoms with E-state index in [0.29, 0.717) is 11.9 Å². The van der Waals surface area contributed by atoms with Crippen LogP contribution in [0.15, 0.2) is 0 Å². The minimum Gasteiger partial charge on any atom is -0.338 e. The molecular weight excluding hydrogens is 328 g/mol. The van der Waals surface area contributed by atoms with Crippen LogP contribution in [0.1, 0.15) is 38.5 Å². The molecule has 3 aliphatic heterocycles. The number of carbonyl (C=O) groups is 2. The second-order valence-electron chi connectivity index (χ2n) is 7.12. The van der Waals surface area contributed by atoms with Gasteiger partial charge in [0.2, 0.25) is 5.91 Å². The SMILES string of the molecule is CNCC1CCCN1C(=O)C1CCN(C(=O)N2CCCC2)CC1.Cl. The van der Waals surface area contributed by atoms with Gasteiger partial charge in [-0.15, -0.1) is 12.4 Å². The van der Waals surface area contributed by atoms with Crippen molar-refractivity contribution in [3.05, 3.63) is 0 Å². The van der Waals surface area contributed by atoms with Crippen LogP contribution in [0.3, 0.4) is 0 Å². The predicted molar refractivity (Wildman–Crippen MR) is 96.4 cm³/mol. The van der Waals surface area contributed by atoms with Crippen LogP contribution in [0.5, 0.6) is 0 Å². The molecule has 0 saturated carbocycles. The summed E-state index contributed by atoms with van der Waals surface area (Å²) in [7, 11) is 1.95. The fourth-order valence-corrected chi connectivity index (χ4v) is 4.23. The third kappa shape index (κ3) is 4.14. The number of likely N-dealkylation sites (N-methyl/N-ethyl adjacent to an activating group) is 1. The van der Waals surface area contributed by atoms with Crippen LogP contribution in [0.25, 0.3) is 0 Å². The summed E-state index contributed by atoms with van der Waals surface area (Å²) in [5.74, 6) is 0.422.